The van der Waals surface area contributed by atoms with E-state index in [0.717, 1.165) is 29.2 Å². The molecule has 15 nitrogen and oxygen atoms in total. The summed E-state index contributed by atoms with van der Waals surface area (Å²) < 4.78 is 6.35. The van der Waals surface area contributed by atoms with Crippen molar-refractivity contribution in [2.45, 2.75) is 58.7 Å². The molecule has 308 valence electrons. The molecule has 1 unspecified atom stereocenters. The van der Waals surface area contributed by atoms with Gasteiger partial charge in [0, 0.05) is 92.6 Å². The lowest BCUT2D eigenvalue weighted by molar-refractivity contribution is -0.164. The molecule has 5 aliphatic rings. The average Bonchev–Trinajstić information content (AvgIpc) is 3.34. The molecule has 1 atom stereocenters. The summed E-state index contributed by atoms with van der Waals surface area (Å²) in [6, 6.07) is 11.1. The Bertz CT molecular complexity index is 2410. The first-order valence-corrected chi connectivity index (χ1v) is 20.2. The zero-order valence-corrected chi connectivity index (χ0v) is 34.4. The second-order valence-electron chi connectivity index (χ2n) is 16.8. The smallest absolute Gasteiger partial charge is 0.262 e. The van der Waals surface area contributed by atoms with Gasteiger partial charge in [-0.2, -0.15) is 5.26 Å². The maximum absolute atomic E-state index is 13.4. The highest BCUT2D eigenvalue weighted by Gasteiger charge is 2.64. The van der Waals surface area contributed by atoms with Gasteiger partial charge in [0.15, 0.2) is 0 Å². The molecule has 1 aromatic heterocycles. The summed E-state index contributed by atoms with van der Waals surface area (Å²) in [4.78, 5) is 80.3. The number of piperidine rings is 1. The molecule has 60 heavy (non-hydrogen) atoms. The maximum Gasteiger partial charge on any atom is 0.262 e. The van der Waals surface area contributed by atoms with Crippen molar-refractivity contribution in [3.63, 3.8) is 0 Å². The van der Waals surface area contributed by atoms with Gasteiger partial charge < -0.3 is 15.0 Å². The van der Waals surface area contributed by atoms with Crippen molar-refractivity contribution in [2.24, 2.45) is 10.8 Å². The summed E-state index contributed by atoms with van der Waals surface area (Å²) in [6.07, 6.45) is 12.7. The number of hydrogen-bond donors (Lipinski definition) is 2. The molecular weight excluding hydrogens is 786 g/mol. The molecule has 1 aliphatic carbocycles. The van der Waals surface area contributed by atoms with Crippen LogP contribution in [0.25, 0.3) is 0 Å². The number of nitrogens with zero attached hydrogens (tertiary/aromatic N) is 7. The van der Waals surface area contributed by atoms with Crippen LogP contribution in [0.1, 0.15) is 77.2 Å². The van der Waals surface area contributed by atoms with Crippen LogP contribution in [0.5, 0.6) is 5.75 Å². The number of halogens is 1. The number of nitriles is 1. The molecule has 0 bridgehead atoms. The Morgan fingerprint density at radius 2 is 1.68 bits per heavy atom. The summed E-state index contributed by atoms with van der Waals surface area (Å²) in [5.74, 6) is -1.37. The number of allylic oxidation sites excluding steroid dienone is 2. The van der Waals surface area contributed by atoms with E-state index in [1.807, 2.05) is 64.4 Å². The molecule has 0 radical (unpaired) electrons. The molecular formula is C44H44ClN9O6. The minimum Gasteiger partial charge on any atom is -0.489 e. The minimum atomic E-state index is -0.998. The Balaban J connectivity index is 0.826. The van der Waals surface area contributed by atoms with Crippen molar-refractivity contribution in [2.75, 3.05) is 42.5 Å². The molecule has 3 fully saturated rings. The van der Waals surface area contributed by atoms with E-state index in [9.17, 15) is 29.2 Å². The highest BCUT2D eigenvalue weighted by atomic mass is 35.5. The van der Waals surface area contributed by atoms with Gasteiger partial charge in [-0.25, -0.2) is 9.97 Å². The zero-order chi connectivity index (χ0) is 42.5. The molecule has 3 aromatic rings. The van der Waals surface area contributed by atoms with E-state index in [1.165, 1.54) is 12.4 Å². The number of nitrogens with one attached hydrogen (secondary N) is 2. The Kier molecular flexibility index (Phi) is 10.6. The third-order valence-corrected chi connectivity index (χ3v) is 12.4. The Morgan fingerprint density at radius 1 is 0.967 bits per heavy atom. The van der Waals surface area contributed by atoms with E-state index >= 15 is 0 Å². The fourth-order valence-electron chi connectivity index (χ4n) is 9.24. The summed E-state index contributed by atoms with van der Waals surface area (Å²) in [6.45, 7) is 11.9. The predicted molar refractivity (Wildman–Crippen MR) is 222 cm³/mol. The van der Waals surface area contributed by atoms with E-state index in [0.29, 0.717) is 47.5 Å². The van der Waals surface area contributed by atoms with Crippen LogP contribution < -0.4 is 25.2 Å². The molecule has 4 aliphatic heterocycles. The zero-order valence-electron chi connectivity index (χ0n) is 33.6. The molecule has 2 saturated heterocycles. The topological polar surface area (TPSA) is 181 Å². The van der Waals surface area contributed by atoms with Crippen molar-refractivity contribution < 1.29 is 28.7 Å². The van der Waals surface area contributed by atoms with E-state index < -0.39 is 40.5 Å². The third-order valence-electron chi connectivity index (χ3n) is 12.1. The number of aromatic nitrogens is 2. The number of hydrogen-bond acceptors (Lipinski definition) is 12. The van der Waals surface area contributed by atoms with Crippen molar-refractivity contribution in [3.05, 3.63) is 112 Å². The van der Waals surface area contributed by atoms with Gasteiger partial charge >= 0.3 is 0 Å². The fourth-order valence-corrected chi connectivity index (χ4v) is 9.45. The molecule has 2 aromatic carbocycles. The molecule has 5 amide bonds. The number of anilines is 2. The van der Waals surface area contributed by atoms with Crippen molar-refractivity contribution >= 4 is 52.8 Å². The Labute approximate surface area is 352 Å². The fraction of sp³-hybridized carbons (Fsp3) is 0.364. The second-order valence-corrected chi connectivity index (χ2v) is 17.2. The second kappa shape index (κ2) is 15.7. The molecule has 5 heterocycles. The lowest BCUT2D eigenvalue weighted by Gasteiger charge is -2.63. The maximum atomic E-state index is 13.4. The lowest BCUT2D eigenvalue weighted by atomic mass is 9.49. The van der Waals surface area contributed by atoms with E-state index in [1.54, 1.807) is 35.2 Å². The highest BCUT2D eigenvalue weighted by molar-refractivity contribution is 6.31. The van der Waals surface area contributed by atoms with E-state index in [-0.39, 0.29) is 42.0 Å². The van der Waals surface area contributed by atoms with E-state index in [4.69, 9.17) is 16.3 Å². The van der Waals surface area contributed by atoms with Gasteiger partial charge in [0.2, 0.25) is 17.8 Å². The van der Waals surface area contributed by atoms with Gasteiger partial charge in [-0.15, -0.1) is 0 Å². The normalized spacial score (nSPS) is 23.3. The van der Waals surface area contributed by atoms with Gasteiger partial charge in [0.25, 0.3) is 17.7 Å². The van der Waals surface area contributed by atoms with E-state index in [2.05, 4.69) is 36.5 Å². The van der Waals surface area contributed by atoms with Crippen molar-refractivity contribution in [1.29, 1.82) is 5.26 Å². The van der Waals surface area contributed by atoms with Gasteiger partial charge in [0.05, 0.1) is 27.3 Å². The van der Waals surface area contributed by atoms with Crippen LogP contribution in [0.3, 0.4) is 0 Å². The first-order chi connectivity index (χ1) is 28.6. The van der Waals surface area contributed by atoms with Crippen LogP contribution in [-0.4, -0.2) is 100 Å². The summed E-state index contributed by atoms with van der Waals surface area (Å²) in [5, 5.41) is 14.9. The Morgan fingerprint density at radius 3 is 2.37 bits per heavy atom. The Hall–Kier alpha value is -6.37. The first-order valence-electron chi connectivity index (χ1n) is 19.8. The van der Waals surface area contributed by atoms with Crippen molar-refractivity contribution in [3.8, 4) is 11.8 Å². The first kappa shape index (κ1) is 40.4. The van der Waals surface area contributed by atoms with Crippen LogP contribution in [0, 0.1) is 22.2 Å². The number of carbonyl (C=O) groups excluding carboxylic acids is 5. The van der Waals surface area contributed by atoms with Gasteiger partial charge in [-0.3, -0.25) is 44.0 Å². The molecule has 2 N–H and O–H groups in total. The monoisotopic (exact) mass is 829 g/mol. The van der Waals surface area contributed by atoms with Crippen LogP contribution in [0.2, 0.25) is 5.02 Å². The number of benzene rings is 2. The number of carbonyl (C=O) groups is 5. The number of fused-ring (bicyclic) bond motifs is 1. The minimum absolute atomic E-state index is 0.0728. The van der Waals surface area contributed by atoms with Crippen molar-refractivity contribution in [1.82, 2.24) is 30.4 Å². The quantitative estimate of drug-likeness (QED) is 0.287. The van der Waals surface area contributed by atoms with Crippen LogP contribution in [-0.2, 0) is 9.59 Å². The largest absolute Gasteiger partial charge is 0.489 e. The third kappa shape index (κ3) is 7.41. The van der Waals surface area contributed by atoms with Crippen LogP contribution in [0.4, 0.5) is 11.6 Å². The van der Waals surface area contributed by atoms with Gasteiger partial charge in [0.1, 0.15) is 24.0 Å². The number of amides is 5. The average molecular weight is 830 g/mol. The van der Waals surface area contributed by atoms with Gasteiger partial charge in [-0.1, -0.05) is 45.4 Å². The van der Waals surface area contributed by atoms with Gasteiger partial charge in [-0.05, 0) is 54.5 Å². The molecule has 8 rings (SSSR count). The summed E-state index contributed by atoms with van der Waals surface area (Å²) in [5.41, 5.74) is 2.33. The number of rotatable bonds is 9. The standard InChI is InChI=1S/C44H44ClN9O6/c1-43(2)40(44(3,4)41(43)60-30-9-7-27(22-46)33(45)21-30)50-36(56)28-23-47-42(48-24-28)53-14-5-6-26(13-15-53)25-51-16-18-52(19-17-51)29-8-10-31-32(20-29)39(59)54(38(31)58)34-11-12-35(55)49-37(34)57/h5-10,13-15,20-21,23-24,34,40-41H,11-12,16-19,25H2,1-4H3,(H,50,56)(H,49,55,57). The SMILES string of the molecule is CC1(C)C(NC(=O)c2cnc(N3C=CC=C(CN4CCN(c5ccc6c(c5)C(=O)N(C5CCC(=O)NC5=O)C6=O)CC4)C=C3)nc2)C(C)(C)C1Oc1ccc(C#N)c(Cl)c1. The lowest BCUT2D eigenvalue weighted by Crippen LogP contribution is -2.74. The molecule has 0 spiro atoms. The van der Waals surface area contributed by atoms with Crippen LogP contribution in [0.15, 0.2) is 85.0 Å². The summed E-state index contributed by atoms with van der Waals surface area (Å²) in [7, 11) is 0. The van der Waals surface area contributed by atoms with Crippen LogP contribution >= 0.6 is 11.6 Å². The summed E-state index contributed by atoms with van der Waals surface area (Å²) >= 11 is 6.24. The highest BCUT2D eigenvalue weighted by Crippen LogP contribution is 2.55. The molecule has 16 heteroatoms. The number of ether oxygens (including phenoxy) is 1. The number of piperazine rings is 1. The number of imide groups is 2. The predicted octanol–water partition coefficient (Wildman–Crippen LogP) is 4.61. The molecule has 1 saturated carbocycles.